The van der Waals surface area contributed by atoms with E-state index in [2.05, 4.69) is 15.3 Å². The first-order chi connectivity index (χ1) is 13.8. The monoisotopic (exact) mass is 395 g/mol. The molecule has 28 heavy (non-hydrogen) atoms. The highest BCUT2D eigenvalue weighted by Gasteiger charge is 2.17. The molecule has 3 heterocycles. The van der Waals surface area contributed by atoms with Crippen LogP contribution in [0.1, 0.15) is 28.8 Å². The molecule has 2 aromatic heterocycles. The van der Waals surface area contributed by atoms with Crippen molar-refractivity contribution in [3.05, 3.63) is 65.3 Å². The van der Waals surface area contributed by atoms with Crippen molar-refractivity contribution < 1.29 is 14.3 Å². The molecule has 6 nitrogen and oxygen atoms in total. The third-order valence-electron chi connectivity index (χ3n) is 4.59. The number of carbonyl (C=O) groups is 1. The lowest BCUT2D eigenvalue weighted by Crippen LogP contribution is -2.23. The molecule has 0 atom stereocenters. The van der Waals surface area contributed by atoms with Crippen LogP contribution in [0.15, 0.2) is 54.2 Å². The molecule has 4 rings (SSSR count). The number of hydrogen-bond acceptors (Lipinski definition) is 6. The van der Waals surface area contributed by atoms with Crippen molar-refractivity contribution in [3.63, 3.8) is 0 Å². The van der Waals surface area contributed by atoms with Crippen molar-refractivity contribution in [2.24, 2.45) is 0 Å². The summed E-state index contributed by atoms with van der Waals surface area (Å²) in [6, 6.07) is 11.3. The van der Waals surface area contributed by atoms with Crippen LogP contribution >= 0.6 is 11.3 Å². The molecular formula is C21H21N3O3S. The Balaban J connectivity index is 1.43. The number of carbonyl (C=O) groups excluding carboxylic acids is 1. The lowest BCUT2D eigenvalue weighted by atomic mass is 10.1. The van der Waals surface area contributed by atoms with Crippen LogP contribution in [-0.2, 0) is 16.1 Å². The maximum absolute atomic E-state index is 12.8. The van der Waals surface area contributed by atoms with E-state index in [4.69, 9.17) is 9.47 Å². The lowest BCUT2D eigenvalue weighted by molar-refractivity contribution is -0.0391. The van der Waals surface area contributed by atoms with E-state index in [0.717, 1.165) is 42.9 Å². The van der Waals surface area contributed by atoms with E-state index in [-0.39, 0.29) is 12.0 Å². The minimum Gasteiger partial charge on any atom is -0.381 e. The van der Waals surface area contributed by atoms with Gasteiger partial charge in [-0.05, 0) is 36.6 Å². The number of nitrogens with zero attached hydrogens (tertiary/aromatic N) is 2. The number of pyridine rings is 1. The zero-order valence-electron chi connectivity index (χ0n) is 15.3. The number of hydrogen-bond donors (Lipinski definition) is 1. The van der Waals surface area contributed by atoms with E-state index in [1.165, 1.54) is 11.3 Å². The molecule has 144 valence electrons. The van der Waals surface area contributed by atoms with Gasteiger partial charge in [-0.3, -0.25) is 15.1 Å². The van der Waals surface area contributed by atoms with E-state index >= 15 is 0 Å². The first kappa shape index (κ1) is 18.7. The van der Waals surface area contributed by atoms with Crippen molar-refractivity contribution in [2.45, 2.75) is 25.6 Å². The molecule has 1 fully saturated rings. The van der Waals surface area contributed by atoms with Crippen LogP contribution in [0.4, 0.5) is 5.13 Å². The highest BCUT2D eigenvalue weighted by atomic mass is 32.1. The molecule has 7 heteroatoms. The van der Waals surface area contributed by atoms with Crippen molar-refractivity contribution >= 4 is 22.4 Å². The largest absolute Gasteiger partial charge is 0.381 e. The SMILES string of the molecule is O=C(Nc1nc(-c2cccnc2)cs1)c1ccccc1COC1CCOCC1. The van der Waals surface area contributed by atoms with Gasteiger partial charge in [0.15, 0.2) is 5.13 Å². The highest BCUT2D eigenvalue weighted by molar-refractivity contribution is 7.14. The topological polar surface area (TPSA) is 73.3 Å². The Kier molecular flexibility index (Phi) is 6.06. The zero-order chi connectivity index (χ0) is 19.2. The van der Waals surface area contributed by atoms with Gasteiger partial charge < -0.3 is 9.47 Å². The fraction of sp³-hybridized carbons (Fsp3) is 0.286. The van der Waals surface area contributed by atoms with Gasteiger partial charge in [-0.2, -0.15) is 0 Å². The first-order valence-corrected chi connectivity index (χ1v) is 10.1. The molecule has 1 aromatic carbocycles. The Bertz CT molecular complexity index is 923. The molecule has 0 bridgehead atoms. The fourth-order valence-corrected chi connectivity index (χ4v) is 3.78. The van der Waals surface area contributed by atoms with Crippen LogP contribution in [0.25, 0.3) is 11.3 Å². The van der Waals surface area contributed by atoms with Crippen LogP contribution in [-0.4, -0.2) is 35.2 Å². The number of benzene rings is 1. The van der Waals surface area contributed by atoms with Gasteiger partial charge >= 0.3 is 0 Å². The van der Waals surface area contributed by atoms with Crippen LogP contribution < -0.4 is 5.32 Å². The summed E-state index contributed by atoms with van der Waals surface area (Å²) in [5, 5.41) is 5.37. The third-order valence-corrected chi connectivity index (χ3v) is 5.34. The summed E-state index contributed by atoms with van der Waals surface area (Å²) in [7, 11) is 0. The predicted molar refractivity (Wildman–Crippen MR) is 108 cm³/mol. The molecule has 3 aromatic rings. The summed E-state index contributed by atoms with van der Waals surface area (Å²) >= 11 is 1.39. The van der Waals surface area contributed by atoms with Gasteiger partial charge in [0.2, 0.25) is 0 Å². The number of nitrogens with one attached hydrogen (secondary N) is 1. The van der Waals surface area contributed by atoms with Gasteiger partial charge in [-0.1, -0.05) is 18.2 Å². The second-order valence-corrected chi connectivity index (χ2v) is 7.37. The Hall–Kier alpha value is -2.61. The molecule has 0 radical (unpaired) electrons. The second-order valence-electron chi connectivity index (χ2n) is 6.51. The summed E-state index contributed by atoms with van der Waals surface area (Å²) in [6.45, 7) is 1.87. The Labute approximate surface area is 167 Å². The normalized spacial score (nSPS) is 14.7. The Morgan fingerprint density at radius 1 is 1.21 bits per heavy atom. The summed E-state index contributed by atoms with van der Waals surface area (Å²) in [5.41, 5.74) is 3.19. The first-order valence-electron chi connectivity index (χ1n) is 9.24. The number of anilines is 1. The molecule has 0 aliphatic carbocycles. The smallest absolute Gasteiger partial charge is 0.257 e. The van der Waals surface area contributed by atoms with Crippen molar-refractivity contribution in [1.82, 2.24) is 9.97 Å². The molecule has 1 amide bonds. The van der Waals surface area contributed by atoms with Gasteiger partial charge in [-0.15, -0.1) is 11.3 Å². The van der Waals surface area contributed by atoms with Crippen molar-refractivity contribution in [3.8, 4) is 11.3 Å². The molecule has 1 aliphatic heterocycles. The number of rotatable bonds is 6. The number of ether oxygens (including phenoxy) is 2. The van der Waals surface area contributed by atoms with Crippen LogP contribution in [0, 0.1) is 0 Å². The van der Waals surface area contributed by atoms with Crippen molar-refractivity contribution in [2.75, 3.05) is 18.5 Å². The van der Waals surface area contributed by atoms with E-state index < -0.39 is 0 Å². The summed E-state index contributed by atoms with van der Waals surface area (Å²) in [4.78, 5) is 21.4. The molecule has 1 N–H and O–H groups in total. The summed E-state index contributed by atoms with van der Waals surface area (Å²) in [6.07, 6.45) is 5.45. The standard InChI is InChI=1S/C21H21N3O3S/c25-20(24-21-23-19(14-28-21)15-5-3-9-22-12-15)18-6-2-1-4-16(18)13-27-17-7-10-26-11-8-17/h1-6,9,12,14,17H,7-8,10-11,13H2,(H,23,24,25). The number of thiazole rings is 1. The fourth-order valence-electron chi connectivity index (χ4n) is 3.06. The molecule has 0 spiro atoms. The molecule has 1 saturated heterocycles. The molecule has 0 saturated carbocycles. The zero-order valence-corrected chi connectivity index (χ0v) is 16.2. The summed E-state index contributed by atoms with van der Waals surface area (Å²) in [5.74, 6) is -0.182. The number of amides is 1. The quantitative estimate of drug-likeness (QED) is 0.679. The molecule has 0 unspecified atom stereocenters. The number of aromatic nitrogens is 2. The van der Waals surface area contributed by atoms with Crippen molar-refractivity contribution in [1.29, 1.82) is 0 Å². The van der Waals surface area contributed by atoms with E-state index in [1.807, 2.05) is 41.8 Å². The van der Waals surface area contributed by atoms with Gasteiger partial charge in [0.1, 0.15) is 0 Å². The van der Waals surface area contributed by atoms with Gasteiger partial charge in [-0.25, -0.2) is 4.98 Å². The van der Waals surface area contributed by atoms with Gasteiger partial charge in [0.05, 0.1) is 18.4 Å². The van der Waals surface area contributed by atoms with Crippen LogP contribution in [0.5, 0.6) is 0 Å². The third kappa shape index (κ3) is 4.62. The molecule has 1 aliphatic rings. The predicted octanol–water partition coefficient (Wildman–Crippen LogP) is 4.15. The Morgan fingerprint density at radius 3 is 2.89 bits per heavy atom. The van der Waals surface area contributed by atoms with Crippen LogP contribution in [0.2, 0.25) is 0 Å². The second kappa shape index (κ2) is 9.05. The maximum Gasteiger partial charge on any atom is 0.257 e. The van der Waals surface area contributed by atoms with E-state index in [1.54, 1.807) is 12.4 Å². The summed E-state index contributed by atoms with van der Waals surface area (Å²) < 4.78 is 11.4. The highest BCUT2D eigenvalue weighted by Crippen LogP contribution is 2.25. The average Bonchev–Trinajstić information content (AvgIpc) is 3.22. The van der Waals surface area contributed by atoms with E-state index in [0.29, 0.717) is 17.3 Å². The average molecular weight is 395 g/mol. The Morgan fingerprint density at radius 2 is 2.07 bits per heavy atom. The minimum atomic E-state index is -0.182. The molecular weight excluding hydrogens is 374 g/mol. The van der Waals surface area contributed by atoms with E-state index in [9.17, 15) is 4.79 Å². The van der Waals surface area contributed by atoms with Crippen LogP contribution in [0.3, 0.4) is 0 Å². The van der Waals surface area contributed by atoms with Gasteiger partial charge in [0, 0.05) is 42.1 Å². The van der Waals surface area contributed by atoms with Gasteiger partial charge in [0.25, 0.3) is 5.91 Å². The lowest BCUT2D eigenvalue weighted by Gasteiger charge is -2.22. The minimum absolute atomic E-state index is 0.182. The maximum atomic E-state index is 12.8.